The summed E-state index contributed by atoms with van der Waals surface area (Å²) in [4.78, 5) is 22.3. The molecule has 0 fully saturated rings. The number of rotatable bonds is 5. The topological polar surface area (TPSA) is 98.0 Å². The molecule has 0 saturated carbocycles. The van der Waals surface area contributed by atoms with Crippen molar-refractivity contribution in [2.45, 2.75) is 20.3 Å². The van der Waals surface area contributed by atoms with Gasteiger partial charge in [-0.2, -0.15) is 0 Å². The zero-order valence-electron chi connectivity index (χ0n) is 11.9. The number of nitro groups is 1. The number of amides is 1. The highest BCUT2D eigenvalue weighted by molar-refractivity contribution is 7.15. The molecule has 0 atom stereocenters. The summed E-state index contributed by atoms with van der Waals surface area (Å²) in [6.45, 7) is 4.12. The molecule has 116 valence electrons. The number of anilines is 1. The van der Waals surface area contributed by atoms with E-state index in [-0.39, 0.29) is 16.3 Å². The van der Waals surface area contributed by atoms with Crippen LogP contribution in [-0.4, -0.2) is 21.0 Å². The van der Waals surface area contributed by atoms with Crippen molar-refractivity contribution in [3.63, 3.8) is 0 Å². The van der Waals surface area contributed by atoms with Crippen molar-refractivity contribution >= 4 is 39.7 Å². The van der Waals surface area contributed by atoms with E-state index in [2.05, 4.69) is 29.4 Å². The Bertz CT molecular complexity index is 717. The predicted molar refractivity (Wildman–Crippen MR) is 84.5 cm³/mol. The second kappa shape index (κ2) is 6.80. The molecule has 9 heteroatoms. The lowest BCUT2D eigenvalue weighted by molar-refractivity contribution is -0.384. The lowest BCUT2D eigenvalue weighted by Gasteiger charge is -2.03. The van der Waals surface area contributed by atoms with Crippen molar-refractivity contribution in [2.75, 3.05) is 5.32 Å². The van der Waals surface area contributed by atoms with Gasteiger partial charge in [-0.25, -0.2) is 0 Å². The number of aromatic nitrogens is 2. The van der Waals surface area contributed by atoms with Crippen LogP contribution in [0.25, 0.3) is 0 Å². The average molecular weight is 341 g/mol. The zero-order chi connectivity index (χ0) is 16.3. The maximum atomic E-state index is 12.2. The summed E-state index contributed by atoms with van der Waals surface area (Å²) < 4.78 is 0. The molecule has 7 nitrogen and oxygen atoms in total. The molecular weight excluding hydrogens is 328 g/mol. The average Bonchev–Trinajstić information content (AvgIpc) is 2.85. The molecule has 0 spiro atoms. The van der Waals surface area contributed by atoms with E-state index in [4.69, 9.17) is 11.6 Å². The molecule has 0 aliphatic heterocycles. The Morgan fingerprint density at radius 3 is 2.82 bits per heavy atom. The van der Waals surface area contributed by atoms with Gasteiger partial charge in [-0.1, -0.05) is 36.8 Å². The minimum absolute atomic E-state index is 0.0245. The van der Waals surface area contributed by atoms with Crippen molar-refractivity contribution in [1.82, 2.24) is 10.2 Å². The van der Waals surface area contributed by atoms with E-state index >= 15 is 0 Å². The monoisotopic (exact) mass is 340 g/mol. The largest absolute Gasteiger partial charge is 0.296 e. The van der Waals surface area contributed by atoms with E-state index in [9.17, 15) is 14.9 Å². The minimum Gasteiger partial charge on any atom is -0.296 e. The van der Waals surface area contributed by atoms with Crippen LogP contribution in [0.3, 0.4) is 0 Å². The van der Waals surface area contributed by atoms with Crippen LogP contribution in [0.2, 0.25) is 5.02 Å². The van der Waals surface area contributed by atoms with Crippen molar-refractivity contribution in [2.24, 2.45) is 5.92 Å². The third-order valence-electron chi connectivity index (χ3n) is 2.68. The molecule has 0 aliphatic rings. The lowest BCUT2D eigenvalue weighted by atomic mass is 10.1. The molecular formula is C13H13ClN4O3S. The van der Waals surface area contributed by atoms with Crippen LogP contribution in [0.15, 0.2) is 18.2 Å². The molecule has 1 heterocycles. The Balaban J connectivity index is 2.17. The maximum absolute atomic E-state index is 12.2. The summed E-state index contributed by atoms with van der Waals surface area (Å²) in [5.74, 6) is -0.122. The van der Waals surface area contributed by atoms with E-state index in [1.54, 1.807) is 0 Å². The molecule has 1 aromatic heterocycles. The minimum atomic E-state index is -0.585. The number of hydrogen-bond donors (Lipinski definition) is 1. The molecule has 1 aromatic carbocycles. The Kier molecular flexibility index (Phi) is 5.04. The van der Waals surface area contributed by atoms with Crippen molar-refractivity contribution in [3.05, 3.63) is 43.9 Å². The van der Waals surface area contributed by atoms with Gasteiger partial charge in [-0.15, -0.1) is 10.2 Å². The van der Waals surface area contributed by atoms with Gasteiger partial charge in [0.25, 0.3) is 11.6 Å². The SMILES string of the molecule is CC(C)Cc1nnc(NC(=O)c2cc([N+](=O)[O-])ccc2Cl)s1. The summed E-state index contributed by atoms with van der Waals surface area (Å²) >= 11 is 7.19. The highest BCUT2D eigenvalue weighted by atomic mass is 35.5. The molecule has 1 amide bonds. The Morgan fingerprint density at radius 2 is 2.18 bits per heavy atom. The number of carbonyl (C=O) groups is 1. The van der Waals surface area contributed by atoms with Crippen LogP contribution in [0.4, 0.5) is 10.8 Å². The molecule has 0 radical (unpaired) electrons. The van der Waals surface area contributed by atoms with Gasteiger partial charge in [-0.05, 0) is 12.0 Å². The highest BCUT2D eigenvalue weighted by Gasteiger charge is 2.17. The van der Waals surface area contributed by atoms with Gasteiger partial charge in [0, 0.05) is 18.6 Å². The fourth-order valence-corrected chi connectivity index (χ4v) is 2.85. The van der Waals surface area contributed by atoms with Gasteiger partial charge in [0.15, 0.2) is 0 Å². The van der Waals surface area contributed by atoms with Crippen LogP contribution in [0, 0.1) is 16.0 Å². The summed E-state index contributed by atoms with van der Waals surface area (Å²) in [6, 6.07) is 3.69. The maximum Gasteiger partial charge on any atom is 0.270 e. The zero-order valence-corrected chi connectivity index (χ0v) is 13.4. The van der Waals surface area contributed by atoms with Crippen molar-refractivity contribution in [1.29, 1.82) is 0 Å². The molecule has 0 unspecified atom stereocenters. The van der Waals surface area contributed by atoms with Gasteiger partial charge in [0.1, 0.15) is 5.01 Å². The summed E-state index contributed by atoms with van der Waals surface area (Å²) in [5, 5.41) is 22.5. The molecule has 0 bridgehead atoms. The fraction of sp³-hybridized carbons (Fsp3) is 0.308. The standard InChI is InChI=1S/C13H13ClN4O3S/c1-7(2)5-11-16-17-13(22-11)15-12(19)9-6-8(18(20)21)3-4-10(9)14/h3-4,6-7H,5H2,1-2H3,(H,15,17,19). The second-order valence-electron chi connectivity index (χ2n) is 4.97. The second-order valence-corrected chi connectivity index (χ2v) is 6.44. The van der Waals surface area contributed by atoms with E-state index in [1.165, 1.54) is 23.5 Å². The van der Waals surface area contributed by atoms with Crippen LogP contribution < -0.4 is 5.32 Å². The fourth-order valence-electron chi connectivity index (χ4n) is 1.70. The highest BCUT2D eigenvalue weighted by Crippen LogP contribution is 2.24. The van der Waals surface area contributed by atoms with Crippen LogP contribution in [-0.2, 0) is 6.42 Å². The van der Waals surface area contributed by atoms with Crippen molar-refractivity contribution in [3.8, 4) is 0 Å². The van der Waals surface area contributed by atoms with Gasteiger partial charge < -0.3 is 0 Å². The summed E-state index contributed by atoms with van der Waals surface area (Å²) in [5.41, 5.74) is -0.177. The Hall–Kier alpha value is -2.06. The summed E-state index contributed by atoms with van der Waals surface area (Å²) in [7, 11) is 0. The first-order valence-corrected chi connectivity index (χ1v) is 7.64. The first kappa shape index (κ1) is 16.3. The number of nitrogens with zero attached hydrogens (tertiary/aromatic N) is 3. The van der Waals surface area contributed by atoms with Crippen LogP contribution >= 0.6 is 22.9 Å². The van der Waals surface area contributed by atoms with Gasteiger partial charge in [0.2, 0.25) is 5.13 Å². The lowest BCUT2D eigenvalue weighted by Crippen LogP contribution is -2.12. The normalized spacial score (nSPS) is 10.7. The van der Waals surface area contributed by atoms with Gasteiger partial charge in [-0.3, -0.25) is 20.2 Å². The quantitative estimate of drug-likeness (QED) is 0.663. The number of non-ortho nitro benzene ring substituents is 1. The number of benzene rings is 1. The van der Waals surface area contributed by atoms with Gasteiger partial charge >= 0.3 is 0 Å². The Labute approximate surface area is 135 Å². The third kappa shape index (κ3) is 3.99. The van der Waals surface area contributed by atoms with E-state index in [1.807, 2.05) is 0 Å². The predicted octanol–water partition coefficient (Wildman–Crippen LogP) is 3.55. The molecule has 2 rings (SSSR count). The first-order chi connectivity index (χ1) is 10.4. The number of hydrogen-bond acceptors (Lipinski definition) is 6. The molecule has 1 N–H and O–H groups in total. The van der Waals surface area contributed by atoms with Crippen molar-refractivity contribution < 1.29 is 9.72 Å². The smallest absolute Gasteiger partial charge is 0.270 e. The third-order valence-corrected chi connectivity index (χ3v) is 3.87. The summed E-state index contributed by atoms with van der Waals surface area (Å²) in [6.07, 6.45) is 0.769. The van der Waals surface area contributed by atoms with Crippen LogP contribution in [0.5, 0.6) is 0 Å². The molecule has 0 saturated heterocycles. The number of nitro benzene ring substituents is 1. The Morgan fingerprint density at radius 1 is 1.45 bits per heavy atom. The molecule has 0 aliphatic carbocycles. The van der Waals surface area contributed by atoms with E-state index < -0.39 is 10.8 Å². The molecule has 22 heavy (non-hydrogen) atoms. The van der Waals surface area contributed by atoms with Crippen LogP contribution in [0.1, 0.15) is 29.2 Å². The van der Waals surface area contributed by atoms with E-state index in [0.717, 1.165) is 17.5 Å². The number of halogens is 1. The van der Waals surface area contributed by atoms with E-state index in [0.29, 0.717) is 11.0 Å². The van der Waals surface area contributed by atoms with Gasteiger partial charge in [0.05, 0.1) is 15.5 Å². The number of carbonyl (C=O) groups excluding carboxylic acids is 1. The number of nitrogens with one attached hydrogen (secondary N) is 1. The first-order valence-electron chi connectivity index (χ1n) is 6.44. The molecule has 2 aromatic rings.